The SMILES string of the molecule is C/N=N/C.C/N=N/C.C/N=N/C.C/N=N/C.C/N=N/C.C/N=N/C.F.F.F.F.F.F. The molecule has 0 unspecified atom stereocenters. The summed E-state index contributed by atoms with van der Waals surface area (Å²) in [7, 11) is 19.7. The number of rotatable bonds is 0. The van der Waals surface area contributed by atoms with Crippen molar-refractivity contribution in [1.29, 1.82) is 0 Å². The molecule has 0 spiro atoms. The van der Waals surface area contributed by atoms with Crippen LogP contribution in [-0.4, -0.2) is 84.6 Å². The smallest absolute Gasteiger partial charge is 0.0487 e. The topological polar surface area (TPSA) is 148 Å². The maximum absolute atomic E-state index is 3.36. The van der Waals surface area contributed by atoms with Crippen molar-refractivity contribution in [3.63, 3.8) is 0 Å². The van der Waals surface area contributed by atoms with E-state index in [-0.39, 0.29) is 28.2 Å². The molecule has 0 heterocycles. The van der Waals surface area contributed by atoms with Crippen LogP contribution in [0.15, 0.2) is 61.4 Å². The largest absolute Gasteiger partial charge is 0.269 e. The van der Waals surface area contributed by atoms with Crippen LogP contribution in [0, 0.1) is 0 Å². The van der Waals surface area contributed by atoms with E-state index >= 15 is 0 Å². The standard InChI is InChI=1S/6C2H6N2.6FH/c6*1-3-4-2;;;;;;/h6*1-2H3;6*1H/b6*4-3+;;;;;;. The predicted octanol–water partition coefficient (Wildman–Crippen LogP) is 5.10. The lowest BCUT2D eigenvalue weighted by molar-refractivity contribution is 1.11. The summed E-state index contributed by atoms with van der Waals surface area (Å²) in [6, 6.07) is 0. The Morgan fingerprint density at radius 1 is 0.167 bits per heavy atom. The number of hydrogen-bond donors (Lipinski definition) is 0. The Hall–Kier alpha value is -2.82. The van der Waals surface area contributed by atoms with Crippen LogP contribution < -0.4 is 0 Å². The van der Waals surface area contributed by atoms with E-state index in [1.54, 1.807) is 84.6 Å². The molecule has 0 aliphatic heterocycles. The average molecular weight is 469 g/mol. The summed E-state index contributed by atoms with van der Waals surface area (Å²) in [4.78, 5) is 0. The highest BCUT2D eigenvalue weighted by molar-refractivity contribution is 3.98. The minimum Gasteiger partial charge on any atom is -0.269 e. The van der Waals surface area contributed by atoms with Crippen molar-refractivity contribution >= 4 is 0 Å². The fraction of sp³-hybridized carbons (Fsp3) is 1.00. The molecule has 18 heteroatoms. The third-order valence-corrected chi connectivity index (χ3v) is 1.20. The molecule has 0 aromatic carbocycles. The van der Waals surface area contributed by atoms with Gasteiger partial charge < -0.3 is 0 Å². The number of azo groups is 6. The quantitative estimate of drug-likeness (QED) is 0.343. The van der Waals surface area contributed by atoms with E-state index in [0.717, 1.165) is 0 Å². The summed E-state index contributed by atoms with van der Waals surface area (Å²) in [5.41, 5.74) is 0. The number of halogens is 6. The molecule has 0 saturated heterocycles. The highest BCUT2D eigenvalue weighted by Gasteiger charge is 1.33. The fourth-order valence-corrected chi connectivity index (χ4v) is 0. The molecule has 0 aromatic heterocycles. The summed E-state index contributed by atoms with van der Waals surface area (Å²) in [5.74, 6) is 0. The van der Waals surface area contributed by atoms with E-state index in [1.165, 1.54) is 0 Å². The van der Waals surface area contributed by atoms with Gasteiger partial charge in [-0.15, -0.1) is 0 Å². The van der Waals surface area contributed by atoms with Gasteiger partial charge in [0, 0.05) is 84.6 Å². The lowest BCUT2D eigenvalue weighted by Gasteiger charge is -1.54. The monoisotopic (exact) mass is 468 g/mol. The van der Waals surface area contributed by atoms with Crippen LogP contribution in [0.2, 0.25) is 0 Å². The van der Waals surface area contributed by atoms with Crippen LogP contribution in [0.25, 0.3) is 0 Å². The Labute approximate surface area is 175 Å². The van der Waals surface area contributed by atoms with Gasteiger partial charge in [0.2, 0.25) is 0 Å². The van der Waals surface area contributed by atoms with Crippen LogP contribution >= 0.6 is 0 Å². The van der Waals surface area contributed by atoms with Gasteiger partial charge in [-0.1, -0.05) is 0 Å². The van der Waals surface area contributed by atoms with Crippen molar-refractivity contribution in [3.8, 4) is 0 Å². The molecule has 12 nitrogen and oxygen atoms in total. The van der Waals surface area contributed by atoms with Gasteiger partial charge in [-0.05, 0) is 0 Å². The third-order valence-electron chi connectivity index (χ3n) is 1.20. The van der Waals surface area contributed by atoms with Crippen LogP contribution in [-0.2, 0) is 0 Å². The van der Waals surface area contributed by atoms with Gasteiger partial charge in [0.15, 0.2) is 0 Å². The molecule has 0 bridgehead atoms. The van der Waals surface area contributed by atoms with Gasteiger partial charge in [0.1, 0.15) is 0 Å². The molecular weight excluding hydrogens is 426 g/mol. The Morgan fingerprint density at radius 2 is 0.200 bits per heavy atom. The van der Waals surface area contributed by atoms with E-state index in [1.807, 2.05) is 0 Å². The number of nitrogens with zero attached hydrogens (tertiary/aromatic N) is 12. The first-order chi connectivity index (χ1) is 11.5. The van der Waals surface area contributed by atoms with E-state index in [4.69, 9.17) is 0 Å². The van der Waals surface area contributed by atoms with Gasteiger partial charge in [-0.2, -0.15) is 61.4 Å². The van der Waals surface area contributed by atoms with Gasteiger partial charge in [-0.25, -0.2) is 0 Å². The first-order valence-corrected chi connectivity index (χ1v) is 6.57. The average Bonchev–Trinajstić information content (AvgIpc) is 2.68. The molecule has 0 fully saturated rings. The molecule has 0 radical (unpaired) electrons. The van der Waals surface area contributed by atoms with Crippen molar-refractivity contribution in [2.24, 2.45) is 61.4 Å². The maximum atomic E-state index is 3.36. The highest BCUT2D eigenvalue weighted by atomic mass is 19.0. The molecule has 192 valence electrons. The van der Waals surface area contributed by atoms with Crippen molar-refractivity contribution in [3.05, 3.63) is 0 Å². The van der Waals surface area contributed by atoms with Crippen molar-refractivity contribution in [2.45, 2.75) is 0 Å². The van der Waals surface area contributed by atoms with Gasteiger partial charge >= 0.3 is 0 Å². The van der Waals surface area contributed by atoms with Crippen molar-refractivity contribution < 1.29 is 28.2 Å². The summed E-state index contributed by atoms with van der Waals surface area (Å²) < 4.78 is 0. The Morgan fingerprint density at radius 3 is 0.200 bits per heavy atom. The second-order valence-corrected chi connectivity index (χ2v) is 2.40. The summed E-state index contributed by atoms with van der Waals surface area (Å²) in [6.07, 6.45) is 0. The zero-order valence-corrected chi connectivity index (χ0v) is 19.8. The van der Waals surface area contributed by atoms with Crippen LogP contribution in [0.5, 0.6) is 0 Å². The zero-order chi connectivity index (χ0) is 20.5. The first kappa shape index (κ1) is 80.8. The van der Waals surface area contributed by atoms with Crippen LogP contribution in [0.1, 0.15) is 0 Å². The predicted molar refractivity (Wildman–Crippen MR) is 115 cm³/mol. The lowest BCUT2D eigenvalue weighted by Crippen LogP contribution is -1.38. The van der Waals surface area contributed by atoms with E-state index in [2.05, 4.69) is 61.4 Å². The normalized spacial score (nSPS) is 7.60. The van der Waals surface area contributed by atoms with E-state index in [9.17, 15) is 0 Å². The van der Waals surface area contributed by atoms with Gasteiger partial charge in [0.25, 0.3) is 0 Å². The second-order valence-electron chi connectivity index (χ2n) is 2.40. The number of hydrogen-bond acceptors (Lipinski definition) is 12. The second kappa shape index (κ2) is 197. The first-order valence-electron chi connectivity index (χ1n) is 6.57. The van der Waals surface area contributed by atoms with E-state index < -0.39 is 0 Å². The minimum absolute atomic E-state index is 0. The molecular formula is C12H42F6N12. The molecule has 0 rings (SSSR count). The highest BCUT2D eigenvalue weighted by Crippen LogP contribution is 1.50. The van der Waals surface area contributed by atoms with Gasteiger partial charge in [-0.3, -0.25) is 28.2 Å². The molecule has 0 saturated carbocycles. The molecule has 0 atom stereocenters. The molecule has 0 N–H and O–H groups in total. The van der Waals surface area contributed by atoms with Crippen LogP contribution in [0.3, 0.4) is 0 Å². The van der Waals surface area contributed by atoms with Crippen molar-refractivity contribution in [1.82, 2.24) is 0 Å². The molecule has 0 amide bonds. The molecule has 0 aliphatic carbocycles. The molecule has 0 aromatic rings. The Kier molecular flexibility index (Phi) is 531. The third kappa shape index (κ3) is 1460. The summed E-state index contributed by atoms with van der Waals surface area (Å²) in [6.45, 7) is 0. The lowest BCUT2D eigenvalue weighted by atomic mass is 11.5. The molecule has 30 heavy (non-hydrogen) atoms. The minimum atomic E-state index is 0. The fourth-order valence-electron chi connectivity index (χ4n) is 0. The maximum Gasteiger partial charge on any atom is 0.0487 e. The van der Waals surface area contributed by atoms with Crippen molar-refractivity contribution in [2.75, 3.05) is 84.6 Å². The van der Waals surface area contributed by atoms with Crippen LogP contribution in [0.4, 0.5) is 28.2 Å². The summed E-state index contributed by atoms with van der Waals surface area (Å²) >= 11 is 0. The van der Waals surface area contributed by atoms with Gasteiger partial charge in [0.05, 0.1) is 0 Å². The Bertz CT molecular complexity index is 215. The Balaban J connectivity index is -0.0000000125. The van der Waals surface area contributed by atoms with E-state index in [0.29, 0.717) is 0 Å². The summed E-state index contributed by atoms with van der Waals surface area (Å²) in [5, 5.41) is 40.3. The molecule has 0 aliphatic rings. The zero-order valence-electron chi connectivity index (χ0n) is 19.8.